The fraction of sp³-hybridized carbons (Fsp3) is 0.250. The van der Waals surface area contributed by atoms with E-state index < -0.39 is 4.92 Å². The van der Waals surface area contributed by atoms with Gasteiger partial charge in [-0.2, -0.15) is 0 Å². The molecule has 0 amide bonds. The van der Waals surface area contributed by atoms with Crippen LogP contribution in [-0.4, -0.2) is 35.4 Å². The Balaban J connectivity index is 1.45. The lowest BCUT2D eigenvalue weighted by Gasteiger charge is -2.26. The van der Waals surface area contributed by atoms with Gasteiger partial charge in [0.2, 0.25) is 0 Å². The Morgan fingerprint density at radius 2 is 1.89 bits per heavy atom. The highest BCUT2D eigenvalue weighted by molar-refractivity contribution is 5.85. The highest BCUT2D eigenvalue weighted by Crippen LogP contribution is 2.44. The summed E-state index contributed by atoms with van der Waals surface area (Å²) in [5.74, 6) is -0.126. The maximum absolute atomic E-state index is 13.6. The van der Waals surface area contributed by atoms with Gasteiger partial charge < -0.3 is 9.64 Å². The van der Waals surface area contributed by atoms with Gasteiger partial charge in [0.1, 0.15) is 5.82 Å². The number of pyridine rings is 1. The Morgan fingerprint density at radius 3 is 2.63 bits per heavy atom. The predicted octanol–water partition coefficient (Wildman–Crippen LogP) is 6.26. The number of rotatable bonds is 7. The zero-order valence-electron chi connectivity index (χ0n) is 19.6. The second-order valence-electron chi connectivity index (χ2n) is 9.25. The number of hydrogen-bond donors (Lipinski definition) is 0. The van der Waals surface area contributed by atoms with E-state index in [0.29, 0.717) is 12.1 Å². The Bertz CT molecular complexity index is 1390. The third-order valence-electron chi connectivity index (χ3n) is 6.63. The zero-order chi connectivity index (χ0) is 24.5. The number of nitro groups is 1. The van der Waals surface area contributed by atoms with Crippen molar-refractivity contribution in [3.8, 4) is 11.1 Å². The van der Waals surface area contributed by atoms with Crippen LogP contribution in [0, 0.1) is 15.9 Å². The van der Waals surface area contributed by atoms with Crippen LogP contribution >= 0.6 is 0 Å². The molecule has 178 valence electrons. The van der Waals surface area contributed by atoms with E-state index in [2.05, 4.69) is 28.1 Å². The van der Waals surface area contributed by atoms with E-state index in [1.807, 2.05) is 32.3 Å². The summed E-state index contributed by atoms with van der Waals surface area (Å²) in [6, 6.07) is 19.8. The molecule has 0 radical (unpaired) electrons. The third kappa shape index (κ3) is 4.78. The molecule has 0 saturated carbocycles. The molecule has 2 unspecified atom stereocenters. The minimum absolute atomic E-state index is 0.0310. The van der Waals surface area contributed by atoms with Gasteiger partial charge in [0.25, 0.3) is 5.69 Å². The number of ether oxygens (including phenoxy) is 1. The molecule has 2 atom stereocenters. The fourth-order valence-electron chi connectivity index (χ4n) is 4.77. The molecule has 0 aliphatic carbocycles. The standard InChI is InChI=1S/C28H26FN3O3/c1-31(2)12-11-26(18-3-7-23(29)8-4-18)28-25-10-6-19(13-22(25)17-35-28)21-14-20-5-9-24(32(33)34)15-27(20)30-16-21/h3-10,13-16,26,28H,11-12,17H2,1-2H3. The zero-order valence-corrected chi connectivity index (χ0v) is 19.6. The summed E-state index contributed by atoms with van der Waals surface area (Å²) in [6.45, 7) is 1.41. The van der Waals surface area contributed by atoms with Crippen molar-refractivity contribution in [2.24, 2.45) is 0 Å². The maximum atomic E-state index is 13.6. The van der Waals surface area contributed by atoms with Crippen LogP contribution in [0.4, 0.5) is 10.1 Å². The van der Waals surface area contributed by atoms with Crippen LogP contribution in [0.15, 0.2) is 72.9 Å². The van der Waals surface area contributed by atoms with Crippen molar-refractivity contribution in [2.75, 3.05) is 20.6 Å². The number of nitrogens with zero attached hydrogens (tertiary/aromatic N) is 3. The van der Waals surface area contributed by atoms with Gasteiger partial charge in [0.05, 0.1) is 23.2 Å². The summed E-state index contributed by atoms with van der Waals surface area (Å²) >= 11 is 0. The first-order valence-corrected chi connectivity index (χ1v) is 11.6. The van der Waals surface area contributed by atoms with Crippen LogP contribution in [0.3, 0.4) is 0 Å². The number of aromatic nitrogens is 1. The van der Waals surface area contributed by atoms with E-state index in [1.165, 1.54) is 24.3 Å². The lowest BCUT2D eigenvalue weighted by molar-refractivity contribution is -0.384. The molecular weight excluding hydrogens is 445 g/mol. The number of hydrogen-bond acceptors (Lipinski definition) is 5. The minimum atomic E-state index is -0.413. The molecule has 3 aromatic carbocycles. The molecular formula is C28H26FN3O3. The third-order valence-corrected chi connectivity index (χ3v) is 6.63. The van der Waals surface area contributed by atoms with Crippen molar-refractivity contribution in [3.63, 3.8) is 0 Å². The van der Waals surface area contributed by atoms with E-state index in [9.17, 15) is 14.5 Å². The van der Waals surface area contributed by atoms with Crippen LogP contribution in [0.5, 0.6) is 0 Å². The smallest absolute Gasteiger partial charge is 0.271 e. The first-order valence-electron chi connectivity index (χ1n) is 11.6. The van der Waals surface area contributed by atoms with Crippen LogP contribution in [0.2, 0.25) is 0 Å². The average Bonchev–Trinajstić information content (AvgIpc) is 3.27. The lowest BCUT2D eigenvalue weighted by atomic mass is 9.85. The fourth-order valence-corrected chi connectivity index (χ4v) is 4.77. The lowest BCUT2D eigenvalue weighted by Crippen LogP contribution is -2.19. The van der Waals surface area contributed by atoms with Crippen LogP contribution in [0.1, 0.15) is 35.1 Å². The first kappa shape index (κ1) is 23.1. The molecule has 0 saturated heterocycles. The van der Waals surface area contributed by atoms with Gasteiger partial charge in [0, 0.05) is 35.2 Å². The summed E-state index contributed by atoms with van der Waals surface area (Å²) < 4.78 is 19.9. The minimum Gasteiger partial charge on any atom is -0.368 e. The largest absolute Gasteiger partial charge is 0.368 e. The summed E-state index contributed by atoms with van der Waals surface area (Å²) in [4.78, 5) is 17.2. The highest BCUT2D eigenvalue weighted by Gasteiger charge is 2.32. The van der Waals surface area contributed by atoms with E-state index in [1.54, 1.807) is 12.3 Å². The van der Waals surface area contributed by atoms with Crippen molar-refractivity contribution in [1.82, 2.24) is 9.88 Å². The van der Waals surface area contributed by atoms with Gasteiger partial charge >= 0.3 is 0 Å². The Morgan fingerprint density at radius 1 is 1.09 bits per heavy atom. The van der Waals surface area contributed by atoms with Crippen molar-refractivity contribution in [2.45, 2.75) is 25.0 Å². The predicted molar refractivity (Wildman–Crippen MR) is 134 cm³/mol. The molecule has 1 aliphatic rings. The van der Waals surface area contributed by atoms with Crippen molar-refractivity contribution in [1.29, 1.82) is 0 Å². The van der Waals surface area contributed by atoms with Crippen LogP contribution in [0.25, 0.3) is 22.0 Å². The van der Waals surface area contributed by atoms with E-state index >= 15 is 0 Å². The molecule has 1 aromatic heterocycles. The van der Waals surface area contributed by atoms with Crippen LogP contribution in [-0.2, 0) is 11.3 Å². The average molecular weight is 472 g/mol. The number of halogens is 1. The van der Waals surface area contributed by atoms with Crippen molar-refractivity contribution >= 4 is 16.6 Å². The molecule has 4 aromatic rings. The number of benzene rings is 3. The second kappa shape index (κ2) is 9.52. The quantitative estimate of drug-likeness (QED) is 0.235. The Labute approximate surface area is 203 Å². The van der Waals surface area contributed by atoms with E-state index in [4.69, 9.17) is 4.74 Å². The Kier molecular flexibility index (Phi) is 6.28. The summed E-state index contributed by atoms with van der Waals surface area (Å²) in [7, 11) is 4.10. The first-order chi connectivity index (χ1) is 16.9. The van der Waals surface area contributed by atoms with Gasteiger partial charge in [-0.25, -0.2) is 4.39 Å². The molecule has 5 rings (SSSR count). The van der Waals surface area contributed by atoms with Gasteiger partial charge in [-0.05, 0) is 79.6 Å². The molecule has 0 fully saturated rings. The van der Waals surface area contributed by atoms with E-state index in [0.717, 1.165) is 46.2 Å². The Hall–Kier alpha value is -3.68. The van der Waals surface area contributed by atoms with E-state index in [-0.39, 0.29) is 23.5 Å². The highest BCUT2D eigenvalue weighted by atomic mass is 19.1. The molecule has 1 aliphatic heterocycles. The monoisotopic (exact) mass is 471 g/mol. The number of nitro benzene ring substituents is 1. The number of non-ortho nitro benzene ring substituents is 1. The number of fused-ring (bicyclic) bond motifs is 2. The van der Waals surface area contributed by atoms with Gasteiger partial charge in [-0.3, -0.25) is 15.1 Å². The maximum Gasteiger partial charge on any atom is 0.271 e. The second-order valence-corrected chi connectivity index (χ2v) is 9.25. The molecule has 0 bridgehead atoms. The molecule has 6 nitrogen and oxygen atoms in total. The summed E-state index contributed by atoms with van der Waals surface area (Å²) in [5, 5.41) is 11.9. The van der Waals surface area contributed by atoms with Gasteiger partial charge in [-0.1, -0.05) is 24.3 Å². The molecule has 0 N–H and O–H groups in total. The SMILES string of the molecule is CN(C)CCC(c1ccc(F)cc1)C1OCc2cc(-c3cnc4cc([N+](=O)[O-])ccc4c3)ccc21. The summed E-state index contributed by atoms with van der Waals surface area (Å²) in [6.07, 6.45) is 2.55. The molecule has 0 spiro atoms. The normalized spacial score (nSPS) is 15.9. The molecule has 7 heteroatoms. The van der Waals surface area contributed by atoms with Gasteiger partial charge in [-0.15, -0.1) is 0 Å². The van der Waals surface area contributed by atoms with Crippen molar-refractivity contribution in [3.05, 3.63) is 106 Å². The summed E-state index contributed by atoms with van der Waals surface area (Å²) in [5.41, 5.74) is 5.95. The van der Waals surface area contributed by atoms with Crippen LogP contribution < -0.4 is 0 Å². The topological polar surface area (TPSA) is 68.5 Å². The van der Waals surface area contributed by atoms with Crippen molar-refractivity contribution < 1.29 is 14.1 Å². The molecule has 35 heavy (non-hydrogen) atoms. The molecule has 2 heterocycles. The van der Waals surface area contributed by atoms with Gasteiger partial charge in [0.15, 0.2) is 0 Å².